The first-order valence-electron chi connectivity index (χ1n) is 6.64. The molecule has 0 heterocycles. The topological polar surface area (TPSA) is 66.4 Å². The second-order valence-corrected chi connectivity index (χ2v) is 5.81. The third-order valence-electron chi connectivity index (χ3n) is 3.76. The molecule has 0 bridgehead atoms. The van der Waals surface area contributed by atoms with Gasteiger partial charge < -0.3 is 10.4 Å². The molecule has 0 unspecified atom stereocenters. The Hall–Kier alpha value is -1.36. The third kappa shape index (κ3) is 3.60. The molecule has 1 rings (SSSR count). The predicted octanol–water partition coefficient (Wildman–Crippen LogP) is 3.38. The molecule has 0 aliphatic heterocycles. The van der Waals surface area contributed by atoms with E-state index in [-0.39, 0.29) is 12.5 Å². The van der Waals surface area contributed by atoms with E-state index in [0.717, 1.165) is 5.56 Å². The minimum atomic E-state index is -0.897. The fourth-order valence-electron chi connectivity index (χ4n) is 2.04. The molecule has 0 fully saturated rings. The van der Waals surface area contributed by atoms with E-state index in [1.807, 2.05) is 32.9 Å². The van der Waals surface area contributed by atoms with Gasteiger partial charge in [-0.3, -0.25) is 9.59 Å². The minimum absolute atomic E-state index is 0.133. The summed E-state index contributed by atoms with van der Waals surface area (Å²) in [7, 11) is 0. The maximum atomic E-state index is 12.2. The van der Waals surface area contributed by atoms with Crippen LogP contribution in [0, 0.1) is 12.3 Å². The van der Waals surface area contributed by atoms with E-state index in [1.54, 1.807) is 6.07 Å². The molecular formula is C15H20BrNO3. The van der Waals surface area contributed by atoms with Crippen LogP contribution in [0.15, 0.2) is 22.7 Å². The number of carboxylic acids is 1. The van der Waals surface area contributed by atoms with Gasteiger partial charge in [-0.25, -0.2) is 0 Å². The zero-order valence-electron chi connectivity index (χ0n) is 12.0. The van der Waals surface area contributed by atoms with Crippen LogP contribution >= 0.6 is 15.9 Å². The fraction of sp³-hybridized carbons (Fsp3) is 0.467. The van der Waals surface area contributed by atoms with E-state index in [9.17, 15) is 14.7 Å². The van der Waals surface area contributed by atoms with E-state index >= 15 is 0 Å². The summed E-state index contributed by atoms with van der Waals surface area (Å²) in [6.45, 7) is 5.69. The Bertz CT molecular complexity index is 510. The summed E-state index contributed by atoms with van der Waals surface area (Å²) >= 11 is 3.34. The summed E-state index contributed by atoms with van der Waals surface area (Å²) in [5.41, 5.74) is 0.608. The quantitative estimate of drug-likeness (QED) is 0.833. The van der Waals surface area contributed by atoms with Gasteiger partial charge in [0.2, 0.25) is 0 Å². The van der Waals surface area contributed by atoms with Gasteiger partial charge in [0.05, 0.1) is 11.0 Å². The highest BCUT2D eigenvalue weighted by atomic mass is 79.9. The SMILES string of the molecule is CCC(CC)(CNC(=O)c1cc(C)ccc1Br)C(=O)O. The number of rotatable bonds is 6. The Morgan fingerprint density at radius 2 is 1.90 bits per heavy atom. The number of carbonyl (C=O) groups is 2. The maximum absolute atomic E-state index is 12.2. The molecule has 5 heteroatoms. The molecule has 0 spiro atoms. The van der Waals surface area contributed by atoms with Crippen LogP contribution < -0.4 is 5.32 Å². The lowest BCUT2D eigenvalue weighted by Crippen LogP contribution is -2.42. The van der Waals surface area contributed by atoms with Crippen LogP contribution in [-0.2, 0) is 4.79 Å². The van der Waals surface area contributed by atoms with Crippen LogP contribution in [0.25, 0.3) is 0 Å². The van der Waals surface area contributed by atoms with Gasteiger partial charge in [-0.15, -0.1) is 0 Å². The number of aliphatic carboxylic acids is 1. The summed E-state index contributed by atoms with van der Waals surface area (Å²) in [6, 6.07) is 5.49. The first-order valence-corrected chi connectivity index (χ1v) is 7.43. The highest BCUT2D eigenvalue weighted by molar-refractivity contribution is 9.10. The van der Waals surface area contributed by atoms with Crippen molar-refractivity contribution in [2.45, 2.75) is 33.6 Å². The number of nitrogens with one attached hydrogen (secondary N) is 1. The molecule has 20 heavy (non-hydrogen) atoms. The highest BCUT2D eigenvalue weighted by Gasteiger charge is 2.35. The smallest absolute Gasteiger partial charge is 0.311 e. The lowest BCUT2D eigenvalue weighted by Gasteiger charge is -2.26. The Morgan fingerprint density at radius 1 is 1.30 bits per heavy atom. The molecule has 1 aromatic carbocycles. The second-order valence-electron chi connectivity index (χ2n) is 4.96. The molecule has 0 aliphatic rings. The zero-order valence-corrected chi connectivity index (χ0v) is 13.6. The normalized spacial score (nSPS) is 11.2. The van der Waals surface area contributed by atoms with Crippen molar-refractivity contribution in [3.05, 3.63) is 33.8 Å². The summed E-state index contributed by atoms with van der Waals surface area (Å²) < 4.78 is 0.703. The van der Waals surface area contributed by atoms with Crippen molar-refractivity contribution in [2.75, 3.05) is 6.54 Å². The van der Waals surface area contributed by atoms with E-state index in [1.165, 1.54) is 0 Å². The van der Waals surface area contributed by atoms with Crippen molar-refractivity contribution < 1.29 is 14.7 Å². The molecule has 0 saturated heterocycles. The molecule has 0 aromatic heterocycles. The Balaban J connectivity index is 2.86. The number of carboxylic acid groups (broad SMARTS) is 1. The molecule has 0 saturated carbocycles. The van der Waals surface area contributed by atoms with Gasteiger partial charge in [0.15, 0.2) is 0 Å². The standard InChI is InChI=1S/C15H20BrNO3/c1-4-15(5-2,14(19)20)9-17-13(18)11-8-10(3)6-7-12(11)16/h6-8H,4-5,9H2,1-3H3,(H,17,18)(H,19,20). The molecule has 1 aromatic rings. The van der Waals surface area contributed by atoms with Gasteiger partial charge in [0, 0.05) is 11.0 Å². The summed E-state index contributed by atoms with van der Waals surface area (Å²) in [4.78, 5) is 23.6. The molecule has 0 radical (unpaired) electrons. The molecular weight excluding hydrogens is 322 g/mol. The molecule has 4 nitrogen and oxygen atoms in total. The Morgan fingerprint density at radius 3 is 2.40 bits per heavy atom. The van der Waals surface area contributed by atoms with Gasteiger partial charge in [0.1, 0.15) is 0 Å². The number of aryl methyl sites for hydroxylation is 1. The largest absolute Gasteiger partial charge is 0.481 e. The summed E-state index contributed by atoms with van der Waals surface area (Å²) in [6.07, 6.45) is 0.961. The van der Waals surface area contributed by atoms with Crippen LogP contribution in [0.3, 0.4) is 0 Å². The average molecular weight is 342 g/mol. The number of benzene rings is 1. The van der Waals surface area contributed by atoms with E-state index in [2.05, 4.69) is 21.2 Å². The van der Waals surface area contributed by atoms with Crippen LogP contribution in [-0.4, -0.2) is 23.5 Å². The summed E-state index contributed by atoms with van der Waals surface area (Å²) in [5.74, 6) is -1.13. The Kier molecular flexibility index (Phi) is 5.74. The third-order valence-corrected chi connectivity index (χ3v) is 4.45. The van der Waals surface area contributed by atoms with E-state index in [4.69, 9.17) is 0 Å². The van der Waals surface area contributed by atoms with Crippen molar-refractivity contribution in [3.8, 4) is 0 Å². The fourth-order valence-corrected chi connectivity index (χ4v) is 2.46. The van der Waals surface area contributed by atoms with Crippen molar-refractivity contribution in [1.82, 2.24) is 5.32 Å². The zero-order chi connectivity index (χ0) is 15.3. The first-order chi connectivity index (χ1) is 9.36. The maximum Gasteiger partial charge on any atom is 0.311 e. The number of carbonyl (C=O) groups excluding carboxylic acids is 1. The van der Waals surface area contributed by atoms with Crippen molar-refractivity contribution in [2.24, 2.45) is 5.41 Å². The highest BCUT2D eigenvalue weighted by Crippen LogP contribution is 2.26. The lowest BCUT2D eigenvalue weighted by atomic mass is 9.82. The van der Waals surface area contributed by atoms with Gasteiger partial charge >= 0.3 is 5.97 Å². The van der Waals surface area contributed by atoms with Crippen molar-refractivity contribution in [1.29, 1.82) is 0 Å². The minimum Gasteiger partial charge on any atom is -0.481 e. The number of hydrogen-bond donors (Lipinski definition) is 2. The number of amides is 1. The van der Waals surface area contributed by atoms with Gasteiger partial charge in [-0.1, -0.05) is 25.5 Å². The number of hydrogen-bond acceptors (Lipinski definition) is 2. The van der Waals surface area contributed by atoms with Crippen LogP contribution in [0.2, 0.25) is 0 Å². The van der Waals surface area contributed by atoms with Gasteiger partial charge in [-0.2, -0.15) is 0 Å². The second kappa shape index (κ2) is 6.88. The van der Waals surface area contributed by atoms with Crippen LogP contribution in [0.1, 0.15) is 42.6 Å². The lowest BCUT2D eigenvalue weighted by molar-refractivity contribution is -0.149. The van der Waals surface area contributed by atoms with Crippen LogP contribution in [0.4, 0.5) is 0 Å². The van der Waals surface area contributed by atoms with Gasteiger partial charge in [-0.05, 0) is 47.8 Å². The van der Waals surface area contributed by atoms with E-state index in [0.29, 0.717) is 22.9 Å². The molecule has 1 amide bonds. The van der Waals surface area contributed by atoms with Crippen molar-refractivity contribution in [3.63, 3.8) is 0 Å². The molecule has 110 valence electrons. The number of halogens is 1. The van der Waals surface area contributed by atoms with Crippen molar-refractivity contribution >= 4 is 27.8 Å². The molecule has 2 N–H and O–H groups in total. The first kappa shape index (κ1) is 16.7. The monoisotopic (exact) mass is 341 g/mol. The summed E-state index contributed by atoms with van der Waals surface area (Å²) in [5, 5.41) is 12.1. The van der Waals surface area contributed by atoms with Crippen LogP contribution in [0.5, 0.6) is 0 Å². The molecule has 0 aliphatic carbocycles. The predicted molar refractivity (Wildman–Crippen MR) is 81.9 cm³/mol. The van der Waals surface area contributed by atoms with Gasteiger partial charge in [0.25, 0.3) is 5.91 Å². The average Bonchev–Trinajstić information content (AvgIpc) is 2.42. The molecule has 0 atom stereocenters. The Labute approximate surface area is 127 Å². The van der Waals surface area contributed by atoms with E-state index < -0.39 is 11.4 Å².